The van der Waals surface area contributed by atoms with Gasteiger partial charge in [-0.25, -0.2) is 0 Å². The highest BCUT2D eigenvalue weighted by Gasteiger charge is 2.35. The Morgan fingerprint density at radius 3 is 2.62 bits per heavy atom. The largest absolute Gasteiger partial charge is 0.463 e. The maximum absolute atomic E-state index is 13.2. The Morgan fingerprint density at radius 2 is 1.91 bits per heavy atom. The zero-order valence-electron chi connectivity index (χ0n) is 18.7. The van der Waals surface area contributed by atoms with E-state index in [1.807, 2.05) is 42.5 Å². The average molecular weight is 443 g/mol. The molecular weight excluding hydrogens is 408 g/mol. The first-order valence-corrected chi connectivity index (χ1v) is 11.5. The normalized spacial score (nSPS) is 25.3. The predicted molar refractivity (Wildman–Crippen MR) is 121 cm³/mol. The van der Waals surface area contributed by atoms with Gasteiger partial charge in [-0.3, -0.25) is 14.4 Å². The number of cyclic esters (lactones) is 1. The highest BCUT2D eigenvalue weighted by molar-refractivity contribution is 5.86. The second kappa shape index (κ2) is 11.8. The van der Waals surface area contributed by atoms with E-state index in [-0.39, 0.29) is 55.4 Å². The van der Waals surface area contributed by atoms with Gasteiger partial charge in [0.25, 0.3) is 0 Å². The van der Waals surface area contributed by atoms with Crippen molar-refractivity contribution >= 4 is 17.8 Å². The van der Waals surface area contributed by atoms with Crippen molar-refractivity contribution in [3.63, 3.8) is 0 Å². The summed E-state index contributed by atoms with van der Waals surface area (Å²) >= 11 is 0. The number of nitrogens with one attached hydrogen (secondary N) is 1. The summed E-state index contributed by atoms with van der Waals surface area (Å²) in [6.07, 6.45) is 7.12. The van der Waals surface area contributed by atoms with Crippen LogP contribution in [0.2, 0.25) is 0 Å². The maximum Gasteiger partial charge on any atom is 0.309 e. The topological polar surface area (TPSA) is 95.9 Å². The van der Waals surface area contributed by atoms with Crippen LogP contribution in [0.1, 0.15) is 44.6 Å². The minimum Gasteiger partial charge on any atom is -0.463 e. The van der Waals surface area contributed by atoms with Crippen LogP contribution in [0.5, 0.6) is 0 Å². The fourth-order valence-corrected chi connectivity index (χ4v) is 4.39. The van der Waals surface area contributed by atoms with E-state index in [0.717, 1.165) is 18.4 Å². The summed E-state index contributed by atoms with van der Waals surface area (Å²) in [5.41, 5.74) is 1.08. The number of carbonyl (C=O) groups is 3. The van der Waals surface area contributed by atoms with Gasteiger partial charge in [0.1, 0.15) is 6.61 Å². The van der Waals surface area contributed by atoms with Crippen LogP contribution in [-0.2, 0) is 25.5 Å². The first kappa shape index (κ1) is 24.0. The molecule has 32 heavy (non-hydrogen) atoms. The second-order valence-corrected chi connectivity index (χ2v) is 8.84. The third kappa shape index (κ3) is 6.66. The van der Waals surface area contributed by atoms with Gasteiger partial charge in [0.2, 0.25) is 11.8 Å². The molecule has 1 aromatic rings. The summed E-state index contributed by atoms with van der Waals surface area (Å²) in [5, 5.41) is 11.9. The molecule has 0 aliphatic carbocycles. The van der Waals surface area contributed by atoms with Crippen LogP contribution in [0, 0.1) is 11.8 Å². The van der Waals surface area contributed by atoms with E-state index in [0.29, 0.717) is 25.8 Å². The molecular formula is C25H34N2O5. The van der Waals surface area contributed by atoms with Crippen molar-refractivity contribution in [2.75, 3.05) is 19.8 Å². The Kier molecular flexibility index (Phi) is 8.85. The summed E-state index contributed by atoms with van der Waals surface area (Å²) in [6.45, 7) is 2.38. The second-order valence-electron chi connectivity index (χ2n) is 8.84. The van der Waals surface area contributed by atoms with E-state index in [1.165, 1.54) is 0 Å². The van der Waals surface area contributed by atoms with Gasteiger partial charge in [0.05, 0.1) is 24.5 Å². The maximum atomic E-state index is 13.2. The standard InChI is InChI=1S/C25H34N2O5/c1-18(16-28)26-23(29)15-20-10-5-6-11-21(14-19-8-3-2-4-9-19)25(31)32-17-22-12-7-13-27(22)24(20)30/h2-6,8-9,18,20-22,28H,7,10-17H2,1H3,(H,26,29)/t18-,20+,21-,22-/m0/s1. The Hall–Kier alpha value is -2.67. The van der Waals surface area contributed by atoms with Gasteiger partial charge in [0.15, 0.2) is 0 Å². The number of amides is 2. The van der Waals surface area contributed by atoms with Gasteiger partial charge in [-0.1, -0.05) is 42.5 Å². The summed E-state index contributed by atoms with van der Waals surface area (Å²) in [4.78, 5) is 40.2. The third-order valence-electron chi connectivity index (χ3n) is 6.21. The molecule has 1 aromatic carbocycles. The SMILES string of the molecule is C[C@@H](CO)NC(=O)C[C@H]1CC=CC[C@@H](Cc2ccccc2)C(=O)OC[C@@H]2CCCN2C1=O. The van der Waals surface area contributed by atoms with E-state index in [2.05, 4.69) is 5.32 Å². The molecule has 3 rings (SSSR count). The van der Waals surface area contributed by atoms with Crippen LogP contribution < -0.4 is 5.32 Å². The zero-order valence-corrected chi connectivity index (χ0v) is 18.7. The molecule has 1 saturated heterocycles. The number of allylic oxidation sites excluding steroid dienone is 2. The van der Waals surface area contributed by atoms with E-state index in [1.54, 1.807) is 11.8 Å². The molecule has 0 bridgehead atoms. The molecule has 2 heterocycles. The van der Waals surface area contributed by atoms with Crippen molar-refractivity contribution in [1.82, 2.24) is 10.2 Å². The molecule has 0 spiro atoms. The number of nitrogens with zero attached hydrogens (tertiary/aromatic N) is 1. The molecule has 1 fully saturated rings. The average Bonchev–Trinajstić information content (AvgIpc) is 3.26. The molecule has 0 unspecified atom stereocenters. The molecule has 0 saturated carbocycles. The number of esters is 1. The van der Waals surface area contributed by atoms with E-state index in [9.17, 15) is 19.5 Å². The van der Waals surface area contributed by atoms with Gasteiger partial charge in [0, 0.05) is 19.0 Å². The predicted octanol–water partition coefficient (Wildman–Crippen LogP) is 2.23. The molecule has 174 valence electrons. The molecule has 2 aliphatic rings. The number of aliphatic hydroxyl groups excluding tert-OH is 1. The van der Waals surface area contributed by atoms with Gasteiger partial charge in [-0.15, -0.1) is 0 Å². The van der Waals surface area contributed by atoms with E-state index < -0.39 is 5.92 Å². The molecule has 7 heteroatoms. The van der Waals surface area contributed by atoms with Gasteiger partial charge >= 0.3 is 5.97 Å². The number of hydrogen-bond donors (Lipinski definition) is 2. The summed E-state index contributed by atoms with van der Waals surface area (Å²) in [6, 6.07) is 9.39. The summed E-state index contributed by atoms with van der Waals surface area (Å²) in [7, 11) is 0. The van der Waals surface area contributed by atoms with E-state index >= 15 is 0 Å². The van der Waals surface area contributed by atoms with Gasteiger partial charge in [-0.2, -0.15) is 0 Å². The highest BCUT2D eigenvalue weighted by atomic mass is 16.5. The Balaban J connectivity index is 1.74. The number of benzene rings is 1. The van der Waals surface area contributed by atoms with Crippen molar-refractivity contribution in [3.05, 3.63) is 48.0 Å². The van der Waals surface area contributed by atoms with Crippen molar-refractivity contribution in [1.29, 1.82) is 0 Å². The summed E-state index contributed by atoms with van der Waals surface area (Å²) in [5.74, 6) is -1.30. The monoisotopic (exact) mass is 442 g/mol. The van der Waals surface area contributed by atoms with Crippen LogP contribution in [-0.4, -0.2) is 59.6 Å². The Morgan fingerprint density at radius 1 is 1.19 bits per heavy atom. The van der Waals surface area contributed by atoms with Crippen LogP contribution in [0.25, 0.3) is 0 Å². The number of ether oxygens (including phenoxy) is 1. The van der Waals surface area contributed by atoms with E-state index in [4.69, 9.17) is 4.74 Å². The van der Waals surface area contributed by atoms with Crippen LogP contribution in [0.15, 0.2) is 42.5 Å². The summed E-state index contributed by atoms with van der Waals surface area (Å²) < 4.78 is 5.67. The highest BCUT2D eigenvalue weighted by Crippen LogP contribution is 2.25. The third-order valence-corrected chi connectivity index (χ3v) is 6.21. The lowest BCUT2D eigenvalue weighted by molar-refractivity contribution is -0.152. The fraction of sp³-hybridized carbons (Fsp3) is 0.560. The molecule has 0 radical (unpaired) electrons. The van der Waals surface area contributed by atoms with Crippen molar-refractivity contribution < 1.29 is 24.2 Å². The number of fused-ring (bicyclic) bond motifs is 1. The minimum atomic E-state index is -0.472. The Labute approximate surface area is 189 Å². The van der Waals surface area contributed by atoms with Crippen molar-refractivity contribution in [2.24, 2.45) is 11.8 Å². The van der Waals surface area contributed by atoms with Gasteiger partial charge < -0.3 is 20.1 Å². The number of hydrogen-bond acceptors (Lipinski definition) is 5. The number of aliphatic hydroxyl groups is 1. The van der Waals surface area contributed by atoms with Crippen LogP contribution in [0.4, 0.5) is 0 Å². The molecule has 7 nitrogen and oxygen atoms in total. The smallest absolute Gasteiger partial charge is 0.309 e. The van der Waals surface area contributed by atoms with Crippen molar-refractivity contribution in [2.45, 2.75) is 57.5 Å². The number of rotatable bonds is 6. The van der Waals surface area contributed by atoms with Crippen molar-refractivity contribution in [3.8, 4) is 0 Å². The van der Waals surface area contributed by atoms with Gasteiger partial charge in [-0.05, 0) is 44.6 Å². The first-order valence-electron chi connectivity index (χ1n) is 11.5. The molecule has 2 N–H and O–H groups in total. The quantitative estimate of drug-likeness (QED) is 0.520. The zero-order chi connectivity index (χ0) is 22.9. The van der Waals surface area contributed by atoms with Crippen LogP contribution >= 0.6 is 0 Å². The molecule has 2 aliphatic heterocycles. The lowest BCUT2D eigenvalue weighted by Crippen LogP contribution is -2.44. The Bertz CT molecular complexity index is 810. The number of carbonyl (C=O) groups excluding carboxylic acids is 3. The molecule has 2 amide bonds. The molecule has 4 atom stereocenters. The first-order chi connectivity index (χ1) is 15.5. The minimum absolute atomic E-state index is 0.0681. The lowest BCUT2D eigenvalue weighted by atomic mass is 9.94. The van der Waals surface area contributed by atoms with Crippen LogP contribution in [0.3, 0.4) is 0 Å². The lowest BCUT2D eigenvalue weighted by Gasteiger charge is -2.29. The molecule has 0 aromatic heterocycles. The fourth-order valence-electron chi connectivity index (χ4n) is 4.39.